The lowest BCUT2D eigenvalue weighted by atomic mass is 10.1. The lowest BCUT2D eigenvalue weighted by molar-refractivity contribution is -0.124. The second-order valence-corrected chi connectivity index (χ2v) is 5.08. The molecule has 1 rings (SSSR count). The van der Waals surface area contributed by atoms with E-state index in [0.29, 0.717) is 22.3 Å². The second-order valence-electron chi connectivity index (χ2n) is 4.64. The van der Waals surface area contributed by atoms with E-state index in [4.69, 9.17) is 21.6 Å². The van der Waals surface area contributed by atoms with Crippen LogP contribution in [0.4, 0.5) is 0 Å². The lowest BCUT2D eigenvalue weighted by Crippen LogP contribution is -2.39. The van der Waals surface area contributed by atoms with Crippen molar-refractivity contribution in [3.8, 4) is 11.8 Å². The molecule has 0 aliphatic rings. The van der Waals surface area contributed by atoms with E-state index in [1.807, 2.05) is 26.8 Å². The molecule has 19 heavy (non-hydrogen) atoms. The molecule has 0 saturated carbocycles. The SMILES string of the molecule is CC(C)C(C)NC(=O)COc1cc(Cl)ccc1C#N. The van der Waals surface area contributed by atoms with Crippen molar-refractivity contribution < 1.29 is 9.53 Å². The summed E-state index contributed by atoms with van der Waals surface area (Å²) >= 11 is 5.83. The first-order chi connectivity index (χ1) is 8.93. The van der Waals surface area contributed by atoms with Gasteiger partial charge in [-0.05, 0) is 25.0 Å². The molecule has 0 heterocycles. The molecule has 0 fully saturated rings. The molecular weight excluding hydrogens is 264 g/mol. The van der Waals surface area contributed by atoms with Gasteiger partial charge in [0.05, 0.1) is 5.56 Å². The van der Waals surface area contributed by atoms with E-state index in [1.54, 1.807) is 12.1 Å². The number of ether oxygens (including phenoxy) is 1. The predicted molar refractivity (Wildman–Crippen MR) is 74.1 cm³/mol. The molecular formula is C14H17ClN2O2. The Morgan fingerprint density at radius 2 is 2.16 bits per heavy atom. The summed E-state index contributed by atoms with van der Waals surface area (Å²) in [7, 11) is 0. The number of nitrogens with zero attached hydrogens (tertiary/aromatic N) is 1. The van der Waals surface area contributed by atoms with Crippen molar-refractivity contribution in [2.24, 2.45) is 5.92 Å². The van der Waals surface area contributed by atoms with Crippen LogP contribution >= 0.6 is 11.6 Å². The van der Waals surface area contributed by atoms with Gasteiger partial charge < -0.3 is 10.1 Å². The number of halogens is 1. The Morgan fingerprint density at radius 3 is 2.74 bits per heavy atom. The molecule has 0 aliphatic carbocycles. The first-order valence-electron chi connectivity index (χ1n) is 6.06. The van der Waals surface area contributed by atoms with Gasteiger partial charge in [0.1, 0.15) is 11.8 Å². The van der Waals surface area contributed by atoms with Gasteiger partial charge in [0.25, 0.3) is 5.91 Å². The first-order valence-corrected chi connectivity index (χ1v) is 6.43. The molecule has 1 aromatic carbocycles. The number of hydrogen-bond donors (Lipinski definition) is 1. The van der Waals surface area contributed by atoms with Crippen LogP contribution in [-0.4, -0.2) is 18.6 Å². The van der Waals surface area contributed by atoms with Gasteiger partial charge in [-0.15, -0.1) is 0 Å². The molecule has 0 spiro atoms. The molecule has 0 radical (unpaired) electrons. The molecule has 1 atom stereocenters. The number of amides is 1. The summed E-state index contributed by atoms with van der Waals surface area (Å²) in [6.45, 7) is 5.85. The highest BCUT2D eigenvalue weighted by molar-refractivity contribution is 6.30. The fourth-order valence-corrected chi connectivity index (χ4v) is 1.48. The third kappa shape index (κ3) is 4.80. The van der Waals surface area contributed by atoms with Crippen LogP contribution in [0.5, 0.6) is 5.75 Å². The van der Waals surface area contributed by atoms with Crippen LogP contribution in [0.3, 0.4) is 0 Å². The first kappa shape index (κ1) is 15.3. The van der Waals surface area contributed by atoms with Crippen LogP contribution in [-0.2, 0) is 4.79 Å². The van der Waals surface area contributed by atoms with E-state index < -0.39 is 0 Å². The van der Waals surface area contributed by atoms with Gasteiger partial charge in [-0.2, -0.15) is 5.26 Å². The molecule has 0 aromatic heterocycles. The second kappa shape index (κ2) is 7.01. The van der Waals surface area contributed by atoms with Crippen LogP contribution in [0.1, 0.15) is 26.3 Å². The zero-order valence-corrected chi connectivity index (χ0v) is 12.0. The lowest BCUT2D eigenvalue weighted by Gasteiger charge is -2.17. The van der Waals surface area contributed by atoms with E-state index in [-0.39, 0.29) is 18.6 Å². The molecule has 1 unspecified atom stereocenters. The van der Waals surface area contributed by atoms with Crippen LogP contribution in [0.2, 0.25) is 5.02 Å². The number of carbonyl (C=O) groups is 1. The Kier molecular flexibility index (Phi) is 5.65. The van der Waals surface area contributed by atoms with Gasteiger partial charge in [0, 0.05) is 17.1 Å². The molecule has 1 amide bonds. The Morgan fingerprint density at radius 1 is 1.47 bits per heavy atom. The summed E-state index contributed by atoms with van der Waals surface area (Å²) in [5, 5.41) is 12.2. The maximum atomic E-state index is 11.7. The highest BCUT2D eigenvalue weighted by atomic mass is 35.5. The highest BCUT2D eigenvalue weighted by Crippen LogP contribution is 2.22. The van der Waals surface area contributed by atoms with Gasteiger partial charge in [-0.3, -0.25) is 4.79 Å². The predicted octanol–water partition coefficient (Wildman–Crippen LogP) is 2.75. The quantitative estimate of drug-likeness (QED) is 0.902. The number of hydrogen-bond acceptors (Lipinski definition) is 3. The Labute approximate surface area is 118 Å². The molecule has 1 N–H and O–H groups in total. The summed E-state index contributed by atoms with van der Waals surface area (Å²) < 4.78 is 5.33. The van der Waals surface area contributed by atoms with E-state index in [0.717, 1.165) is 0 Å². The third-order valence-corrected chi connectivity index (χ3v) is 3.05. The number of carbonyl (C=O) groups excluding carboxylic acids is 1. The highest BCUT2D eigenvalue weighted by Gasteiger charge is 2.12. The van der Waals surface area contributed by atoms with Gasteiger partial charge in [-0.25, -0.2) is 0 Å². The largest absolute Gasteiger partial charge is 0.482 e. The zero-order valence-electron chi connectivity index (χ0n) is 11.2. The third-order valence-electron chi connectivity index (χ3n) is 2.81. The standard InChI is InChI=1S/C14H17ClN2O2/c1-9(2)10(3)17-14(18)8-19-13-6-12(15)5-4-11(13)7-16/h4-6,9-10H,8H2,1-3H3,(H,17,18). The summed E-state index contributed by atoms with van der Waals surface area (Å²) in [5.74, 6) is 0.456. The fraction of sp³-hybridized carbons (Fsp3) is 0.429. The van der Waals surface area contributed by atoms with E-state index in [9.17, 15) is 4.79 Å². The average molecular weight is 281 g/mol. The normalized spacial score (nSPS) is 11.8. The van der Waals surface area contributed by atoms with Crippen molar-refractivity contribution in [3.05, 3.63) is 28.8 Å². The minimum atomic E-state index is -0.218. The molecule has 102 valence electrons. The summed E-state index contributed by atoms with van der Waals surface area (Å²) in [6.07, 6.45) is 0. The number of nitriles is 1. The number of rotatable bonds is 5. The summed E-state index contributed by atoms with van der Waals surface area (Å²) in [4.78, 5) is 11.7. The van der Waals surface area contributed by atoms with Crippen molar-refractivity contribution in [2.45, 2.75) is 26.8 Å². The summed E-state index contributed by atoms with van der Waals surface area (Å²) in [6, 6.07) is 6.76. The molecule has 5 heteroatoms. The molecule has 1 aromatic rings. The smallest absolute Gasteiger partial charge is 0.258 e. The van der Waals surface area contributed by atoms with Gasteiger partial charge in [-0.1, -0.05) is 25.4 Å². The molecule has 0 bridgehead atoms. The Balaban J connectivity index is 2.60. The van der Waals surface area contributed by atoms with Crippen LogP contribution in [0.25, 0.3) is 0 Å². The molecule has 0 aliphatic heterocycles. The minimum Gasteiger partial charge on any atom is -0.482 e. The number of benzene rings is 1. The van der Waals surface area contributed by atoms with Crippen molar-refractivity contribution in [3.63, 3.8) is 0 Å². The van der Waals surface area contributed by atoms with Crippen molar-refractivity contribution >= 4 is 17.5 Å². The van der Waals surface area contributed by atoms with E-state index in [1.165, 1.54) is 6.07 Å². The minimum absolute atomic E-state index is 0.0749. The Bertz CT molecular complexity index is 495. The monoisotopic (exact) mass is 280 g/mol. The molecule has 0 saturated heterocycles. The van der Waals surface area contributed by atoms with Crippen LogP contribution in [0.15, 0.2) is 18.2 Å². The van der Waals surface area contributed by atoms with Crippen molar-refractivity contribution in [1.82, 2.24) is 5.32 Å². The van der Waals surface area contributed by atoms with E-state index >= 15 is 0 Å². The average Bonchev–Trinajstić information content (AvgIpc) is 2.36. The molecule has 4 nitrogen and oxygen atoms in total. The summed E-state index contributed by atoms with van der Waals surface area (Å²) in [5.41, 5.74) is 0.356. The van der Waals surface area contributed by atoms with E-state index in [2.05, 4.69) is 5.32 Å². The van der Waals surface area contributed by atoms with Crippen molar-refractivity contribution in [1.29, 1.82) is 5.26 Å². The van der Waals surface area contributed by atoms with Crippen LogP contribution < -0.4 is 10.1 Å². The maximum absolute atomic E-state index is 11.7. The van der Waals surface area contributed by atoms with Gasteiger partial charge in [0.15, 0.2) is 6.61 Å². The van der Waals surface area contributed by atoms with Gasteiger partial charge in [0.2, 0.25) is 0 Å². The fourth-order valence-electron chi connectivity index (χ4n) is 1.31. The topological polar surface area (TPSA) is 62.1 Å². The zero-order chi connectivity index (χ0) is 14.4. The van der Waals surface area contributed by atoms with Crippen molar-refractivity contribution in [2.75, 3.05) is 6.61 Å². The van der Waals surface area contributed by atoms with Gasteiger partial charge >= 0.3 is 0 Å². The Hall–Kier alpha value is -1.73. The maximum Gasteiger partial charge on any atom is 0.258 e. The number of nitrogens with one attached hydrogen (secondary N) is 1. The van der Waals surface area contributed by atoms with Crippen LogP contribution in [0, 0.1) is 17.2 Å².